The number of carbonyl (C=O) groups is 1. The summed E-state index contributed by atoms with van der Waals surface area (Å²) in [5, 5.41) is -0.290. The van der Waals surface area contributed by atoms with Gasteiger partial charge >= 0.3 is 6.18 Å². The predicted octanol–water partition coefficient (Wildman–Crippen LogP) is 3.64. The molecular weight excluding hydrogens is 311 g/mol. The Balaban J connectivity index is 2.31. The van der Waals surface area contributed by atoms with E-state index in [4.69, 9.17) is 11.6 Å². The molecule has 1 aromatic rings. The lowest BCUT2D eigenvalue weighted by Gasteiger charge is -2.18. The average molecular weight is 324 g/mol. The lowest BCUT2D eigenvalue weighted by atomic mass is 10.1. The SMILES string of the molecule is CSC1C(=O)N(c2cccc(C(F)(F)F)c2)CC1CCl. The fourth-order valence-electron chi connectivity index (χ4n) is 2.28. The Morgan fingerprint density at radius 3 is 2.65 bits per heavy atom. The number of carbonyl (C=O) groups excluding carboxylic acids is 1. The van der Waals surface area contributed by atoms with Gasteiger partial charge in [0.15, 0.2) is 0 Å². The van der Waals surface area contributed by atoms with E-state index in [1.54, 1.807) is 6.26 Å². The van der Waals surface area contributed by atoms with Crippen molar-refractivity contribution in [3.8, 4) is 0 Å². The number of halogens is 4. The zero-order valence-corrected chi connectivity index (χ0v) is 12.2. The molecule has 0 saturated carbocycles. The minimum atomic E-state index is -4.41. The minimum Gasteiger partial charge on any atom is -0.311 e. The van der Waals surface area contributed by atoms with Crippen LogP contribution < -0.4 is 4.90 Å². The quantitative estimate of drug-likeness (QED) is 0.792. The summed E-state index contributed by atoms with van der Waals surface area (Å²) in [4.78, 5) is 13.6. The molecule has 1 aliphatic rings. The molecule has 1 aliphatic heterocycles. The van der Waals surface area contributed by atoms with E-state index < -0.39 is 11.7 Å². The van der Waals surface area contributed by atoms with E-state index in [-0.39, 0.29) is 22.8 Å². The molecule has 1 aromatic carbocycles. The van der Waals surface area contributed by atoms with Crippen molar-refractivity contribution in [2.75, 3.05) is 23.6 Å². The highest BCUT2D eigenvalue weighted by molar-refractivity contribution is 8.00. The number of thioether (sulfide) groups is 1. The van der Waals surface area contributed by atoms with Crippen molar-refractivity contribution in [3.05, 3.63) is 29.8 Å². The molecule has 2 rings (SSSR count). The topological polar surface area (TPSA) is 20.3 Å². The molecule has 0 aromatic heterocycles. The standard InChI is InChI=1S/C13H13ClF3NOS/c1-20-11-8(6-14)7-18(12(11)19)10-4-2-3-9(5-10)13(15,16)17/h2-5,8,11H,6-7H2,1H3. The summed E-state index contributed by atoms with van der Waals surface area (Å²) in [5.41, 5.74) is -0.477. The van der Waals surface area contributed by atoms with Crippen LogP contribution in [-0.2, 0) is 11.0 Å². The van der Waals surface area contributed by atoms with E-state index >= 15 is 0 Å². The van der Waals surface area contributed by atoms with E-state index in [0.717, 1.165) is 12.1 Å². The molecule has 0 aliphatic carbocycles. The van der Waals surface area contributed by atoms with Crippen LogP contribution in [0.25, 0.3) is 0 Å². The highest BCUT2D eigenvalue weighted by atomic mass is 35.5. The second-order valence-corrected chi connectivity index (χ2v) is 5.86. The molecule has 0 N–H and O–H groups in total. The van der Waals surface area contributed by atoms with Crippen molar-refractivity contribution in [3.63, 3.8) is 0 Å². The minimum absolute atomic E-state index is 0.0475. The van der Waals surface area contributed by atoms with Gasteiger partial charge in [-0.15, -0.1) is 11.6 Å². The summed E-state index contributed by atoms with van der Waals surface area (Å²) in [6.45, 7) is 0.356. The number of nitrogens with zero attached hydrogens (tertiary/aromatic N) is 1. The maximum atomic E-state index is 12.7. The van der Waals surface area contributed by atoms with Crippen molar-refractivity contribution < 1.29 is 18.0 Å². The third kappa shape index (κ3) is 2.91. The molecule has 0 bridgehead atoms. The second kappa shape index (κ2) is 5.85. The Morgan fingerprint density at radius 2 is 2.15 bits per heavy atom. The summed E-state index contributed by atoms with van der Waals surface area (Å²) in [6, 6.07) is 4.83. The predicted molar refractivity (Wildman–Crippen MR) is 75.3 cm³/mol. The van der Waals surface area contributed by atoms with Gasteiger partial charge in [0.2, 0.25) is 5.91 Å². The fraction of sp³-hybridized carbons (Fsp3) is 0.462. The Kier molecular flexibility index (Phi) is 4.54. The molecule has 2 nitrogen and oxygen atoms in total. The number of amides is 1. The van der Waals surface area contributed by atoms with Crippen molar-refractivity contribution in [2.45, 2.75) is 11.4 Å². The third-order valence-corrected chi connectivity index (χ3v) is 4.78. The van der Waals surface area contributed by atoms with Crippen LogP contribution in [-0.4, -0.2) is 29.8 Å². The molecule has 2 atom stereocenters. The van der Waals surface area contributed by atoms with Gasteiger partial charge in [0.25, 0.3) is 0 Å². The first-order chi connectivity index (χ1) is 9.38. The van der Waals surface area contributed by atoms with Crippen molar-refractivity contribution >= 4 is 35.0 Å². The summed E-state index contributed by atoms with van der Waals surface area (Å²) in [7, 11) is 0. The zero-order chi connectivity index (χ0) is 14.9. The average Bonchev–Trinajstić information content (AvgIpc) is 2.74. The third-order valence-electron chi connectivity index (χ3n) is 3.29. The van der Waals surface area contributed by atoms with E-state index in [0.29, 0.717) is 12.4 Å². The Hall–Kier alpha value is -0.880. The number of hydrogen-bond acceptors (Lipinski definition) is 2. The molecule has 2 unspecified atom stereocenters. The number of hydrogen-bond donors (Lipinski definition) is 0. The first-order valence-corrected chi connectivity index (χ1v) is 7.78. The molecule has 110 valence electrons. The molecular formula is C13H13ClF3NOS. The summed E-state index contributed by atoms with van der Waals surface area (Å²) in [5.74, 6) is 0.0865. The van der Waals surface area contributed by atoms with Crippen LogP contribution in [0.4, 0.5) is 18.9 Å². The monoisotopic (exact) mass is 323 g/mol. The van der Waals surface area contributed by atoms with Gasteiger partial charge in [0.1, 0.15) is 0 Å². The zero-order valence-electron chi connectivity index (χ0n) is 10.7. The number of rotatable bonds is 3. The van der Waals surface area contributed by atoms with Crippen LogP contribution in [0.3, 0.4) is 0 Å². The molecule has 1 saturated heterocycles. The second-order valence-electron chi connectivity index (χ2n) is 4.57. The van der Waals surface area contributed by atoms with E-state index in [1.807, 2.05) is 0 Å². The van der Waals surface area contributed by atoms with Crippen LogP contribution in [0.15, 0.2) is 24.3 Å². The largest absolute Gasteiger partial charge is 0.416 e. The molecule has 1 amide bonds. The molecule has 0 spiro atoms. The van der Waals surface area contributed by atoms with Gasteiger partial charge in [-0.25, -0.2) is 0 Å². The Morgan fingerprint density at radius 1 is 1.45 bits per heavy atom. The van der Waals surface area contributed by atoms with Gasteiger partial charge in [-0.3, -0.25) is 4.79 Å². The van der Waals surface area contributed by atoms with Crippen LogP contribution >= 0.6 is 23.4 Å². The van der Waals surface area contributed by atoms with Gasteiger partial charge in [-0.2, -0.15) is 24.9 Å². The Bertz CT molecular complexity index is 509. The molecule has 1 heterocycles. The van der Waals surface area contributed by atoms with Gasteiger partial charge < -0.3 is 4.90 Å². The summed E-state index contributed by atoms with van der Waals surface area (Å²) < 4.78 is 38.1. The first-order valence-electron chi connectivity index (χ1n) is 5.96. The fourth-order valence-corrected chi connectivity index (χ4v) is 3.56. The highest BCUT2D eigenvalue weighted by Gasteiger charge is 2.40. The lowest BCUT2D eigenvalue weighted by molar-refractivity contribution is -0.137. The van der Waals surface area contributed by atoms with E-state index in [1.165, 1.54) is 28.8 Å². The number of alkyl halides is 4. The van der Waals surface area contributed by atoms with Crippen LogP contribution in [0.1, 0.15) is 5.56 Å². The molecule has 0 radical (unpaired) electrons. The number of benzene rings is 1. The number of anilines is 1. The van der Waals surface area contributed by atoms with Gasteiger partial charge in [-0.1, -0.05) is 6.07 Å². The normalized spacial score (nSPS) is 23.4. The Labute approximate surface area is 124 Å². The lowest BCUT2D eigenvalue weighted by Crippen LogP contribution is -2.28. The van der Waals surface area contributed by atoms with E-state index in [2.05, 4.69) is 0 Å². The van der Waals surface area contributed by atoms with Crippen LogP contribution in [0, 0.1) is 5.92 Å². The first kappa shape index (κ1) is 15.5. The molecule has 1 fully saturated rings. The van der Waals surface area contributed by atoms with Crippen molar-refractivity contribution in [1.82, 2.24) is 0 Å². The van der Waals surface area contributed by atoms with Gasteiger partial charge in [-0.05, 0) is 24.5 Å². The summed E-state index contributed by atoms with van der Waals surface area (Å²) in [6.07, 6.45) is -2.61. The highest BCUT2D eigenvalue weighted by Crippen LogP contribution is 2.35. The maximum Gasteiger partial charge on any atom is 0.416 e. The van der Waals surface area contributed by atoms with Gasteiger partial charge in [0, 0.05) is 24.0 Å². The van der Waals surface area contributed by atoms with Crippen LogP contribution in [0.5, 0.6) is 0 Å². The molecule has 7 heteroatoms. The smallest absolute Gasteiger partial charge is 0.311 e. The summed E-state index contributed by atoms with van der Waals surface area (Å²) >= 11 is 7.21. The van der Waals surface area contributed by atoms with Gasteiger partial charge in [0.05, 0.1) is 10.8 Å². The van der Waals surface area contributed by atoms with Crippen LogP contribution in [0.2, 0.25) is 0 Å². The molecule has 20 heavy (non-hydrogen) atoms. The maximum absolute atomic E-state index is 12.7. The van der Waals surface area contributed by atoms with Crippen molar-refractivity contribution in [1.29, 1.82) is 0 Å². The van der Waals surface area contributed by atoms with Crippen molar-refractivity contribution in [2.24, 2.45) is 5.92 Å². The van der Waals surface area contributed by atoms with E-state index in [9.17, 15) is 18.0 Å².